The summed E-state index contributed by atoms with van der Waals surface area (Å²) in [5, 5.41) is 0. The van der Waals surface area contributed by atoms with E-state index in [-0.39, 0.29) is 23.9 Å². The Hall–Kier alpha value is -2.10. The highest BCUT2D eigenvalue weighted by Crippen LogP contribution is 2.29. The van der Waals surface area contributed by atoms with Crippen LogP contribution in [0.1, 0.15) is 10.4 Å². The van der Waals surface area contributed by atoms with Gasteiger partial charge in [-0.15, -0.1) is 0 Å². The lowest BCUT2D eigenvalue weighted by atomic mass is 10.1. The monoisotopic (exact) mass is 468 g/mol. The number of carbonyl (C=O) groups is 1. The van der Waals surface area contributed by atoms with Gasteiger partial charge < -0.3 is 14.4 Å². The molecule has 0 saturated carbocycles. The average Bonchev–Trinajstić information content (AvgIpc) is 2.73. The van der Waals surface area contributed by atoms with Gasteiger partial charge in [0.05, 0.1) is 23.6 Å². The first kappa shape index (κ1) is 20.6. The van der Waals surface area contributed by atoms with Crippen molar-refractivity contribution in [2.45, 2.75) is 4.90 Å². The molecule has 0 aromatic heterocycles. The summed E-state index contributed by atoms with van der Waals surface area (Å²) in [4.78, 5) is 14.5. The average molecular weight is 469 g/mol. The van der Waals surface area contributed by atoms with Gasteiger partial charge in [0.2, 0.25) is 10.0 Å². The molecule has 1 fully saturated rings. The molecule has 0 radical (unpaired) electrons. The Labute approximate surface area is 173 Å². The van der Waals surface area contributed by atoms with E-state index in [2.05, 4.69) is 15.9 Å². The lowest BCUT2D eigenvalue weighted by Gasteiger charge is -2.34. The minimum atomic E-state index is -3.64. The third kappa shape index (κ3) is 4.16. The van der Waals surface area contributed by atoms with Gasteiger partial charge in [-0.25, -0.2) is 8.42 Å². The van der Waals surface area contributed by atoms with Gasteiger partial charge in [-0.05, 0) is 52.3 Å². The molecule has 1 heterocycles. The van der Waals surface area contributed by atoms with Crippen LogP contribution < -0.4 is 9.47 Å². The molecule has 0 aliphatic carbocycles. The molecule has 0 unspecified atom stereocenters. The number of rotatable bonds is 5. The standard InChI is InChI=1S/C19H21BrN2O5S/c1-26-15-5-3-4-14(12-15)19(23)21-8-10-22(11-9-21)28(24,25)16-6-7-18(27-2)17(20)13-16/h3-7,12-13H,8-11H2,1-2H3. The number of hydrogen-bond acceptors (Lipinski definition) is 5. The van der Waals surface area contributed by atoms with Gasteiger partial charge in [0.15, 0.2) is 0 Å². The van der Waals surface area contributed by atoms with Gasteiger partial charge >= 0.3 is 0 Å². The van der Waals surface area contributed by atoms with Crippen LogP contribution in [-0.4, -0.2) is 63.9 Å². The molecule has 2 aromatic rings. The number of piperazine rings is 1. The third-order valence-electron chi connectivity index (χ3n) is 4.60. The predicted molar refractivity (Wildman–Crippen MR) is 108 cm³/mol. The molecule has 0 bridgehead atoms. The molecule has 3 rings (SSSR count). The summed E-state index contributed by atoms with van der Waals surface area (Å²) in [5.41, 5.74) is 0.523. The first-order chi connectivity index (χ1) is 13.4. The van der Waals surface area contributed by atoms with Crippen LogP contribution in [0.15, 0.2) is 51.8 Å². The second kappa shape index (κ2) is 8.50. The van der Waals surface area contributed by atoms with Crippen LogP contribution >= 0.6 is 15.9 Å². The lowest BCUT2D eigenvalue weighted by Crippen LogP contribution is -2.50. The molecule has 1 aliphatic heterocycles. The second-order valence-electron chi connectivity index (χ2n) is 6.22. The Kier molecular flexibility index (Phi) is 6.26. The Morgan fingerprint density at radius 2 is 1.71 bits per heavy atom. The van der Waals surface area contributed by atoms with E-state index in [1.807, 2.05) is 0 Å². The largest absolute Gasteiger partial charge is 0.497 e. The van der Waals surface area contributed by atoms with E-state index in [0.29, 0.717) is 34.6 Å². The van der Waals surface area contributed by atoms with Crippen molar-refractivity contribution in [1.29, 1.82) is 0 Å². The van der Waals surface area contributed by atoms with Gasteiger partial charge in [-0.1, -0.05) is 6.07 Å². The van der Waals surface area contributed by atoms with E-state index < -0.39 is 10.0 Å². The van der Waals surface area contributed by atoms with Crippen molar-refractivity contribution >= 4 is 31.9 Å². The molecular weight excluding hydrogens is 448 g/mol. The maximum Gasteiger partial charge on any atom is 0.254 e. The number of nitrogens with zero attached hydrogens (tertiary/aromatic N) is 2. The molecule has 0 atom stereocenters. The minimum Gasteiger partial charge on any atom is -0.497 e. The smallest absolute Gasteiger partial charge is 0.254 e. The zero-order chi connectivity index (χ0) is 20.3. The summed E-state index contributed by atoms with van der Waals surface area (Å²) in [5.74, 6) is 1.04. The van der Waals surface area contributed by atoms with E-state index >= 15 is 0 Å². The van der Waals surface area contributed by atoms with Crippen LogP contribution in [0.3, 0.4) is 0 Å². The molecule has 1 aliphatic rings. The summed E-state index contributed by atoms with van der Waals surface area (Å²) < 4.78 is 38.1. The summed E-state index contributed by atoms with van der Waals surface area (Å²) in [6.45, 7) is 1.13. The molecule has 1 saturated heterocycles. The number of halogens is 1. The molecule has 7 nitrogen and oxygen atoms in total. The number of amides is 1. The fourth-order valence-electron chi connectivity index (χ4n) is 3.03. The zero-order valence-corrected chi connectivity index (χ0v) is 18.0. The normalized spacial score (nSPS) is 15.3. The second-order valence-corrected chi connectivity index (χ2v) is 9.02. The molecule has 0 N–H and O–H groups in total. The topological polar surface area (TPSA) is 76.2 Å². The summed E-state index contributed by atoms with van der Waals surface area (Å²) >= 11 is 3.32. The molecule has 1 amide bonds. The molecule has 0 spiro atoms. The van der Waals surface area contributed by atoms with Crippen LogP contribution in [0.5, 0.6) is 11.5 Å². The highest BCUT2D eigenvalue weighted by Gasteiger charge is 2.31. The van der Waals surface area contributed by atoms with Crippen molar-refractivity contribution < 1.29 is 22.7 Å². The van der Waals surface area contributed by atoms with Gasteiger partial charge in [0.1, 0.15) is 11.5 Å². The number of carbonyl (C=O) groups excluding carboxylic acids is 1. The van der Waals surface area contributed by atoms with Crippen molar-refractivity contribution in [3.05, 3.63) is 52.5 Å². The van der Waals surface area contributed by atoms with E-state index in [1.165, 1.54) is 23.5 Å². The van der Waals surface area contributed by atoms with E-state index in [9.17, 15) is 13.2 Å². The van der Waals surface area contributed by atoms with E-state index in [1.54, 1.807) is 42.3 Å². The number of ether oxygens (including phenoxy) is 2. The maximum atomic E-state index is 12.9. The lowest BCUT2D eigenvalue weighted by molar-refractivity contribution is 0.0697. The van der Waals surface area contributed by atoms with Crippen LogP contribution in [-0.2, 0) is 10.0 Å². The van der Waals surface area contributed by atoms with Gasteiger partial charge in [-0.2, -0.15) is 4.31 Å². The summed E-state index contributed by atoms with van der Waals surface area (Å²) in [6.07, 6.45) is 0. The third-order valence-corrected chi connectivity index (χ3v) is 7.12. The minimum absolute atomic E-state index is 0.136. The van der Waals surface area contributed by atoms with E-state index in [0.717, 1.165) is 0 Å². The molecule has 9 heteroatoms. The van der Waals surface area contributed by atoms with Gasteiger partial charge in [0.25, 0.3) is 5.91 Å². The first-order valence-electron chi connectivity index (χ1n) is 8.64. The van der Waals surface area contributed by atoms with Gasteiger partial charge in [-0.3, -0.25) is 4.79 Å². The Balaban J connectivity index is 1.70. The maximum absolute atomic E-state index is 12.9. The zero-order valence-electron chi connectivity index (χ0n) is 15.6. The molecule has 28 heavy (non-hydrogen) atoms. The molecule has 2 aromatic carbocycles. The van der Waals surface area contributed by atoms with Crippen molar-refractivity contribution in [3.63, 3.8) is 0 Å². The number of methoxy groups -OCH3 is 2. The quantitative estimate of drug-likeness (QED) is 0.673. The Bertz CT molecular complexity index is 972. The Morgan fingerprint density at radius 1 is 1.00 bits per heavy atom. The molecular formula is C19H21BrN2O5S. The fourth-order valence-corrected chi connectivity index (χ4v) is 5.17. The number of hydrogen-bond donors (Lipinski definition) is 0. The highest BCUT2D eigenvalue weighted by atomic mass is 79.9. The number of sulfonamides is 1. The van der Waals surface area contributed by atoms with Crippen LogP contribution in [0.2, 0.25) is 0 Å². The first-order valence-corrected chi connectivity index (χ1v) is 10.9. The summed E-state index contributed by atoms with van der Waals surface area (Å²) in [7, 11) is -0.577. The van der Waals surface area contributed by atoms with Crippen molar-refractivity contribution in [1.82, 2.24) is 9.21 Å². The highest BCUT2D eigenvalue weighted by molar-refractivity contribution is 9.10. The van der Waals surface area contributed by atoms with Crippen molar-refractivity contribution in [2.24, 2.45) is 0 Å². The van der Waals surface area contributed by atoms with Crippen LogP contribution in [0, 0.1) is 0 Å². The van der Waals surface area contributed by atoms with Crippen molar-refractivity contribution in [3.8, 4) is 11.5 Å². The SMILES string of the molecule is COc1cccc(C(=O)N2CCN(S(=O)(=O)c3ccc(OC)c(Br)c3)CC2)c1. The van der Waals surface area contributed by atoms with Crippen LogP contribution in [0.4, 0.5) is 0 Å². The van der Waals surface area contributed by atoms with Crippen molar-refractivity contribution in [2.75, 3.05) is 40.4 Å². The fraction of sp³-hybridized carbons (Fsp3) is 0.316. The van der Waals surface area contributed by atoms with E-state index in [4.69, 9.17) is 9.47 Å². The van der Waals surface area contributed by atoms with Crippen LogP contribution in [0.25, 0.3) is 0 Å². The Morgan fingerprint density at radius 3 is 2.32 bits per heavy atom. The molecule has 150 valence electrons. The predicted octanol–water partition coefficient (Wildman–Crippen LogP) is 2.61. The number of benzene rings is 2. The van der Waals surface area contributed by atoms with Gasteiger partial charge in [0, 0.05) is 31.7 Å². The summed E-state index contributed by atoms with van der Waals surface area (Å²) in [6, 6.07) is 11.6.